The number of nitrogens with zero attached hydrogens (tertiary/aromatic N) is 1. The predicted octanol–water partition coefficient (Wildman–Crippen LogP) is 1.85. The molecule has 142 valence electrons. The molecular weight excluding hydrogens is 366 g/mol. The van der Waals surface area contributed by atoms with Crippen molar-refractivity contribution in [1.82, 2.24) is 5.32 Å². The second kappa shape index (κ2) is 8.32. The van der Waals surface area contributed by atoms with E-state index in [-0.39, 0.29) is 18.2 Å². The van der Waals surface area contributed by atoms with Gasteiger partial charge in [-0.15, -0.1) is 11.3 Å². The zero-order valence-corrected chi connectivity index (χ0v) is 15.7. The molecule has 27 heavy (non-hydrogen) atoms. The van der Waals surface area contributed by atoms with Gasteiger partial charge in [0.2, 0.25) is 11.8 Å². The van der Waals surface area contributed by atoms with Gasteiger partial charge >= 0.3 is 5.97 Å². The fourth-order valence-electron chi connectivity index (χ4n) is 3.06. The Kier molecular flexibility index (Phi) is 5.88. The standard InChI is InChI=1S/C19H21N3O4S/c1-26-19(25)13-8-10-27-18(13)22-9-7-15(17(22)24)21-16(23)11-14(20)12-5-3-2-4-6-12/h2-6,8,10,14-15H,7,9,11,20H2,1H3,(H,21,23). The molecule has 1 aliphatic rings. The molecule has 1 aliphatic heterocycles. The maximum Gasteiger partial charge on any atom is 0.340 e. The van der Waals surface area contributed by atoms with E-state index in [9.17, 15) is 14.4 Å². The molecular formula is C19H21N3O4S. The molecule has 1 saturated heterocycles. The van der Waals surface area contributed by atoms with Gasteiger partial charge in [-0.1, -0.05) is 30.3 Å². The highest BCUT2D eigenvalue weighted by Gasteiger charge is 2.36. The SMILES string of the molecule is COC(=O)c1ccsc1N1CCC(NC(=O)CC(N)c2ccccc2)C1=O. The minimum Gasteiger partial charge on any atom is -0.465 e. The van der Waals surface area contributed by atoms with Gasteiger partial charge in [0.05, 0.1) is 12.7 Å². The van der Waals surface area contributed by atoms with Crippen molar-refractivity contribution in [3.63, 3.8) is 0 Å². The number of nitrogens with one attached hydrogen (secondary N) is 1. The van der Waals surface area contributed by atoms with Gasteiger partial charge in [-0.25, -0.2) is 4.79 Å². The van der Waals surface area contributed by atoms with Crippen LogP contribution >= 0.6 is 11.3 Å². The highest BCUT2D eigenvalue weighted by molar-refractivity contribution is 7.14. The Morgan fingerprint density at radius 3 is 2.78 bits per heavy atom. The molecule has 8 heteroatoms. The zero-order chi connectivity index (χ0) is 19.4. The highest BCUT2D eigenvalue weighted by Crippen LogP contribution is 2.31. The van der Waals surface area contributed by atoms with E-state index in [0.717, 1.165) is 5.56 Å². The summed E-state index contributed by atoms with van der Waals surface area (Å²) in [5, 5.41) is 5.04. The van der Waals surface area contributed by atoms with Crippen molar-refractivity contribution in [1.29, 1.82) is 0 Å². The molecule has 3 N–H and O–H groups in total. The number of carbonyl (C=O) groups excluding carboxylic acids is 3. The van der Waals surface area contributed by atoms with Crippen molar-refractivity contribution in [2.24, 2.45) is 5.73 Å². The number of hydrogen-bond donors (Lipinski definition) is 2. The first-order valence-corrected chi connectivity index (χ1v) is 9.46. The largest absolute Gasteiger partial charge is 0.465 e. The van der Waals surface area contributed by atoms with E-state index in [1.54, 1.807) is 11.4 Å². The van der Waals surface area contributed by atoms with E-state index in [1.165, 1.54) is 23.3 Å². The number of carbonyl (C=O) groups is 3. The number of amides is 2. The van der Waals surface area contributed by atoms with Crippen LogP contribution in [0.25, 0.3) is 0 Å². The average molecular weight is 387 g/mol. The average Bonchev–Trinajstić information content (AvgIpc) is 3.29. The second-order valence-electron chi connectivity index (χ2n) is 6.25. The van der Waals surface area contributed by atoms with E-state index in [1.807, 2.05) is 30.3 Å². The summed E-state index contributed by atoms with van der Waals surface area (Å²) in [7, 11) is 1.30. The molecule has 0 radical (unpaired) electrons. The van der Waals surface area contributed by atoms with E-state index in [0.29, 0.717) is 23.5 Å². The molecule has 2 heterocycles. The molecule has 0 spiro atoms. The third-order valence-corrected chi connectivity index (χ3v) is 5.40. The minimum atomic E-state index is -0.618. The van der Waals surface area contributed by atoms with Crippen LogP contribution in [-0.2, 0) is 14.3 Å². The Hall–Kier alpha value is -2.71. The van der Waals surface area contributed by atoms with Gasteiger partial charge in [0.1, 0.15) is 11.0 Å². The molecule has 2 unspecified atom stereocenters. The summed E-state index contributed by atoms with van der Waals surface area (Å²) >= 11 is 1.29. The number of rotatable bonds is 6. The molecule has 7 nitrogen and oxygen atoms in total. The normalized spacial score (nSPS) is 17.6. The summed E-state index contributed by atoms with van der Waals surface area (Å²) < 4.78 is 4.75. The topological polar surface area (TPSA) is 102 Å². The van der Waals surface area contributed by atoms with Crippen LogP contribution in [0.2, 0.25) is 0 Å². The lowest BCUT2D eigenvalue weighted by Crippen LogP contribution is -2.42. The summed E-state index contributed by atoms with van der Waals surface area (Å²) in [6, 6.07) is 9.93. The maximum atomic E-state index is 12.7. The van der Waals surface area contributed by atoms with Crippen LogP contribution in [0.4, 0.5) is 5.00 Å². The van der Waals surface area contributed by atoms with E-state index in [4.69, 9.17) is 10.5 Å². The van der Waals surface area contributed by atoms with E-state index in [2.05, 4.69) is 5.32 Å². The fourth-order valence-corrected chi connectivity index (χ4v) is 3.98. The van der Waals surface area contributed by atoms with E-state index < -0.39 is 18.1 Å². The number of nitrogens with two attached hydrogens (primary N) is 1. The number of methoxy groups -OCH3 is 1. The summed E-state index contributed by atoms with van der Waals surface area (Å²) in [6.45, 7) is 0.430. The van der Waals surface area contributed by atoms with Crippen LogP contribution in [0.5, 0.6) is 0 Å². The molecule has 0 aliphatic carbocycles. The predicted molar refractivity (Wildman–Crippen MR) is 103 cm³/mol. The van der Waals surface area contributed by atoms with Gasteiger partial charge < -0.3 is 20.7 Å². The number of ether oxygens (including phenoxy) is 1. The third-order valence-electron chi connectivity index (χ3n) is 4.47. The van der Waals surface area contributed by atoms with Crippen molar-refractivity contribution >= 4 is 34.1 Å². The van der Waals surface area contributed by atoms with Crippen molar-refractivity contribution in [3.05, 3.63) is 52.9 Å². The number of thiophene rings is 1. The van der Waals surface area contributed by atoms with Gasteiger partial charge in [-0.2, -0.15) is 0 Å². The monoisotopic (exact) mass is 387 g/mol. The number of esters is 1. The first-order chi connectivity index (χ1) is 13.0. The third kappa shape index (κ3) is 4.17. The maximum absolute atomic E-state index is 12.7. The Morgan fingerprint density at radius 2 is 2.07 bits per heavy atom. The molecule has 2 atom stereocenters. The van der Waals surface area contributed by atoms with Crippen LogP contribution in [0.15, 0.2) is 41.8 Å². The van der Waals surface area contributed by atoms with Gasteiger partial charge in [0.25, 0.3) is 0 Å². The first kappa shape index (κ1) is 19.1. The van der Waals surface area contributed by atoms with Gasteiger partial charge in [0, 0.05) is 19.0 Å². The minimum absolute atomic E-state index is 0.0974. The van der Waals surface area contributed by atoms with Crippen molar-refractivity contribution in [2.75, 3.05) is 18.6 Å². The van der Waals surface area contributed by atoms with Crippen LogP contribution in [0, 0.1) is 0 Å². The molecule has 0 saturated carbocycles. The summed E-state index contributed by atoms with van der Waals surface area (Å²) in [5.41, 5.74) is 7.30. The second-order valence-corrected chi connectivity index (χ2v) is 7.15. The Bertz CT molecular complexity index is 836. The molecule has 0 bridgehead atoms. The molecule has 3 rings (SSSR count). The van der Waals surface area contributed by atoms with Crippen molar-refractivity contribution in [3.8, 4) is 0 Å². The van der Waals surface area contributed by atoms with Gasteiger partial charge in [-0.05, 0) is 23.4 Å². The van der Waals surface area contributed by atoms with Crippen LogP contribution in [0.1, 0.15) is 34.8 Å². The highest BCUT2D eigenvalue weighted by atomic mass is 32.1. The molecule has 1 fully saturated rings. The molecule has 2 amide bonds. The number of hydrogen-bond acceptors (Lipinski definition) is 6. The fraction of sp³-hybridized carbons (Fsp3) is 0.316. The quantitative estimate of drug-likeness (QED) is 0.737. The Labute approximate surface area is 161 Å². The van der Waals surface area contributed by atoms with E-state index >= 15 is 0 Å². The summed E-state index contributed by atoms with van der Waals surface area (Å²) in [5.74, 6) is -0.990. The summed E-state index contributed by atoms with van der Waals surface area (Å²) in [6.07, 6.45) is 0.573. The summed E-state index contributed by atoms with van der Waals surface area (Å²) in [4.78, 5) is 38.4. The molecule has 2 aromatic rings. The van der Waals surface area contributed by atoms with Crippen LogP contribution in [-0.4, -0.2) is 37.5 Å². The Balaban J connectivity index is 1.61. The number of benzene rings is 1. The van der Waals surface area contributed by atoms with Gasteiger partial charge in [-0.3, -0.25) is 9.59 Å². The molecule has 1 aromatic carbocycles. The smallest absolute Gasteiger partial charge is 0.340 e. The lowest BCUT2D eigenvalue weighted by atomic mass is 10.0. The Morgan fingerprint density at radius 1 is 1.33 bits per heavy atom. The zero-order valence-electron chi connectivity index (χ0n) is 14.9. The van der Waals surface area contributed by atoms with Gasteiger partial charge in [0.15, 0.2) is 0 Å². The first-order valence-electron chi connectivity index (χ1n) is 8.58. The van der Waals surface area contributed by atoms with Crippen molar-refractivity contribution in [2.45, 2.75) is 24.9 Å². The number of anilines is 1. The molecule has 1 aromatic heterocycles. The lowest BCUT2D eigenvalue weighted by molar-refractivity contribution is -0.126. The lowest BCUT2D eigenvalue weighted by Gasteiger charge is -2.17. The van der Waals surface area contributed by atoms with Crippen LogP contribution in [0.3, 0.4) is 0 Å². The van der Waals surface area contributed by atoms with Crippen LogP contribution < -0.4 is 16.0 Å². The van der Waals surface area contributed by atoms with Crippen molar-refractivity contribution < 1.29 is 19.1 Å².